The Morgan fingerprint density at radius 2 is 1.85 bits per heavy atom. The smallest absolute Gasteiger partial charge is 0.219 e. The van der Waals surface area contributed by atoms with Crippen molar-refractivity contribution in [1.29, 1.82) is 0 Å². The zero-order chi connectivity index (χ0) is 10.3. The summed E-state index contributed by atoms with van der Waals surface area (Å²) in [6, 6.07) is 0. The van der Waals surface area contributed by atoms with Crippen molar-refractivity contribution < 1.29 is 13.2 Å². The van der Waals surface area contributed by atoms with Gasteiger partial charge in [-0.05, 0) is 20.8 Å². The van der Waals surface area contributed by atoms with E-state index in [2.05, 4.69) is 0 Å². The summed E-state index contributed by atoms with van der Waals surface area (Å²) >= 11 is 0. The Hall–Kier alpha value is -0.420. The molecule has 1 fully saturated rings. The molecule has 1 heterocycles. The van der Waals surface area contributed by atoms with Gasteiger partial charge in [0.2, 0.25) is 10.0 Å². The second-order valence-electron chi connectivity index (χ2n) is 4.24. The highest BCUT2D eigenvalue weighted by atomic mass is 32.2. The summed E-state index contributed by atoms with van der Waals surface area (Å²) in [5.41, 5.74) is 0. The molecule has 13 heavy (non-hydrogen) atoms. The normalized spacial score (nSPS) is 21.0. The molecule has 0 aromatic heterocycles. The Labute approximate surface area is 79.0 Å². The highest BCUT2D eigenvalue weighted by Crippen LogP contribution is 2.22. The predicted octanol–water partition coefficient (Wildman–Crippen LogP) is 0.389. The van der Waals surface area contributed by atoms with Gasteiger partial charge >= 0.3 is 0 Å². The molecule has 76 valence electrons. The molecule has 5 heteroatoms. The summed E-state index contributed by atoms with van der Waals surface area (Å²) in [5.74, 6) is 0.00725. The van der Waals surface area contributed by atoms with Crippen molar-refractivity contribution in [3.8, 4) is 0 Å². The lowest BCUT2D eigenvalue weighted by molar-refractivity contribution is -0.116. The lowest BCUT2D eigenvalue weighted by Crippen LogP contribution is -2.41. The van der Waals surface area contributed by atoms with Crippen LogP contribution >= 0.6 is 0 Å². The van der Waals surface area contributed by atoms with Gasteiger partial charge in [-0.2, -0.15) is 4.31 Å². The van der Waals surface area contributed by atoms with Crippen LogP contribution in [0.2, 0.25) is 0 Å². The van der Waals surface area contributed by atoms with Crippen molar-refractivity contribution in [2.24, 2.45) is 0 Å². The molecule has 0 saturated carbocycles. The van der Waals surface area contributed by atoms with E-state index in [4.69, 9.17) is 0 Å². The van der Waals surface area contributed by atoms with Crippen LogP contribution < -0.4 is 0 Å². The van der Waals surface area contributed by atoms with Gasteiger partial charge in [-0.3, -0.25) is 4.79 Å². The van der Waals surface area contributed by atoms with E-state index >= 15 is 0 Å². The van der Waals surface area contributed by atoms with Crippen molar-refractivity contribution in [3.63, 3.8) is 0 Å². The molecule has 0 atom stereocenters. The number of Topliss-reactive ketones (excluding diaryl/α,β-unsaturated/α-hetero) is 1. The zero-order valence-corrected chi connectivity index (χ0v) is 9.02. The number of hydrogen-bond donors (Lipinski definition) is 0. The van der Waals surface area contributed by atoms with E-state index in [0.29, 0.717) is 13.0 Å². The first kappa shape index (κ1) is 10.7. The van der Waals surface area contributed by atoms with Crippen molar-refractivity contribution in [2.75, 3.05) is 13.1 Å². The molecule has 0 aromatic carbocycles. The van der Waals surface area contributed by atoms with E-state index in [1.807, 2.05) is 0 Å². The highest BCUT2D eigenvalue weighted by Gasteiger charge is 2.38. The SMILES string of the molecule is CC(C)(C)S(=O)(=O)N1CCC(=O)C1. The van der Waals surface area contributed by atoms with Crippen LogP contribution in [0, 0.1) is 0 Å². The third-order valence-electron chi connectivity index (χ3n) is 2.11. The molecule has 1 saturated heterocycles. The maximum absolute atomic E-state index is 11.8. The molecule has 0 aliphatic carbocycles. The minimum absolute atomic E-state index is 0.00725. The second-order valence-corrected chi connectivity index (χ2v) is 6.93. The minimum Gasteiger partial charge on any atom is -0.298 e. The first-order chi connectivity index (χ1) is 5.75. The molecule has 0 radical (unpaired) electrons. The first-order valence-electron chi connectivity index (χ1n) is 4.26. The Morgan fingerprint density at radius 3 is 2.15 bits per heavy atom. The lowest BCUT2D eigenvalue weighted by Gasteiger charge is -2.25. The lowest BCUT2D eigenvalue weighted by atomic mass is 10.3. The van der Waals surface area contributed by atoms with Gasteiger partial charge in [-0.1, -0.05) is 0 Å². The molecule has 1 aliphatic heterocycles. The zero-order valence-electron chi connectivity index (χ0n) is 8.20. The largest absolute Gasteiger partial charge is 0.298 e. The molecule has 0 bridgehead atoms. The van der Waals surface area contributed by atoms with Crippen molar-refractivity contribution in [3.05, 3.63) is 0 Å². The van der Waals surface area contributed by atoms with Gasteiger partial charge in [-0.15, -0.1) is 0 Å². The van der Waals surface area contributed by atoms with E-state index in [-0.39, 0.29) is 12.3 Å². The fraction of sp³-hybridized carbons (Fsp3) is 0.875. The second kappa shape index (κ2) is 3.06. The molecule has 4 nitrogen and oxygen atoms in total. The van der Waals surface area contributed by atoms with Gasteiger partial charge in [-0.25, -0.2) is 8.42 Å². The molecular formula is C8H15NO3S. The van der Waals surface area contributed by atoms with Gasteiger partial charge < -0.3 is 0 Å². The van der Waals surface area contributed by atoms with Crippen LogP contribution in [0.15, 0.2) is 0 Å². The van der Waals surface area contributed by atoms with Crippen LogP contribution in [0.25, 0.3) is 0 Å². The van der Waals surface area contributed by atoms with Gasteiger partial charge in [0.15, 0.2) is 0 Å². The number of carbonyl (C=O) groups excluding carboxylic acids is 1. The van der Waals surface area contributed by atoms with E-state index in [1.165, 1.54) is 4.31 Å². The molecule has 0 N–H and O–H groups in total. The molecule has 1 rings (SSSR count). The quantitative estimate of drug-likeness (QED) is 0.622. The Kier molecular flexibility index (Phi) is 2.51. The summed E-state index contributed by atoms with van der Waals surface area (Å²) < 4.78 is 24.0. The molecule has 0 amide bonds. The summed E-state index contributed by atoms with van der Waals surface area (Å²) in [6.45, 7) is 5.33. The topological polar surface area (TPSA) is 54.5 Å². The molecule has 1 aliphatic rings. The van der Waals surface area contributed by atoms with Crippen LogP contribution in [-0.2, 0) is 14.8 Å². The van der Waals surface area contributed by atoms with Gasteiger partial charge in [0, 0.05) is 13.0 Å². The first-order valence-corrected chi connectivity index (χ1v) is 5.70. The average Bonchev–Trinajstić information content (AvgIpc) is 2.33. The van der Waals surface area contributed by atoms with Crippen molar-refractivity contribution in [1.82, 2.24) is 4.31 Å². The van der Waals surface area contributed by atoms with Crippen LogP contribution in [0.1, 0.15) is 27.2 Å². The molecule has 0 unspecified atom stereocenters. The monoisotopic (exact) mass is 205 g/mol. The average molecular weight is 205 g/mol. The van der Waals surface area contributed by atoms with E-state index in [1.54, 1.807) is 20.8 Å². The maximum atomic E-state index is 11.8. The van der Waals surface area contributed by atoms with E-state index < -0.39 is 14.8 Å². The van der Waals surface area contributed by atoms with E-state index in [0.717, 1.165) is 0 Å². The Balaban J connectivity index is 2.90. The molecular weight excluding hydrogens is 190 g/mol. The number of carbonyl (C=O) groups is 1. The Bertz CT molecular complexity index is 313. The summed E-state index contributed by atoms with van der Waals surface area (Å²) in [5, 5.41) is 0. The van der Waals surface area contributed by atoms with Crippen molar-refractivity contribution in [2.45, 2.75) is 31.9 Å². The fourth-order valence-electron chi connectivity index (χ4n) is 1.20. The fourth-order valence-corrected chi connectivity index (χ4v) is 2.62. The minimum atomic E-state index is -3.30. The number of ketones is 1. The summed E-state index contributed by atoms with van der Waals surface area (Å²) in [4.78, 5) is 10.9. The van der Waals surface area contributed by atoms with Gasteiger partial charge in [0.1, 0.15) is 5.78 Å². The third kappa shape index (κ3) is 1.91. The number of nitrogens with zero attached hydrogens (tertiary/aromatic N) is 1. The molecule has 0 aromatic rings. The summed E-state index contributed by atoms with van der Waals surface area (Å²) in [7, 11) is -3.30. The highest BCUT2D eigenvalue weighted by molar-refractivity contribution is 7.90. The standard InChI is InChI=1S/C8H15NO3S/c1-8(2,3)13(11,12)9-5-4-7(10)6-9/h4-6H2,1-3H3. The van der Waals surface area contributed by atoms with Gasteiger partial charge in [0.05, 0.1) is 11.3 Å². The predicted molar refractivity (Wildman–Crippen MR) is 49.9 cm³/mol. The van der Waals surface area contributed by atoms with E-state index in [9.17, 15) is 13.2 Å². The van der Waals surface area contributed by atoms with Crippen LogP contribution in [0.3, 0.4) is 0 Å². The molecule has 0 spiro atoms. The van der Waals surface area contributed by atoms with Gasteiger partial charge in [0.25, 0.3) is 0 Å². The number of rotatable bonds is 1. The van der Waals surface area contributed by atoms with Crippen LogP contribution in [0.5, 0.6) is 0 Å². The third-order valence-corrected chi connectivity index (χ3v) is 4.65. The van der Waals surface area contributed by atoms with Crippen molar-refractivity contribution >= 4 is 15.8 Å². The van der Waals surface area contributed by atoms with Crippen LogP contribution in [0.4, 0.5) is 0 Å². The van der Waals surface area contributed by atoms with Crippen LogP contribution in [-0.4, -0.2) is 36.3 Å². The Morgan fingerprint density at radius 1 is 1.31 bits per heavy atom. The number of sulfonamides is 1. The number of hydrogen-bond acceptors (Lipinski definition) is 3. The maximum Gasteiger partial charge on any atom is 0.219 e. The summed E-state index contributed by atoms with van der Waals surface area (Å²) in [6.07, 6.45) is 0.356.